The molecule has 3 aliphatic rings. The number of piperidine rings is 1. The van der Waals surface area contributed by atoms with Gasteiger partial charge in [0.05, 0.1) is 18.4 Å². The van der Waals surface area contributed by atoms with Crippen LogP contribution in [0.15, 0.2) is 29.3 Å². The van der Waals surface area contributed by atoms with E-state index in [0.29, 0.717) is 43.5 Å². The molecule has 13 heteroatoms. The number of nitrogens with zero attached hydrogens (tertiary/aromatic N) is 3. The highest BCUT2D eigenvalue weighted by atomic mass is 19.4. The third kappa shape index (κ3) is 6.31. The van der Waals surface area contributed by atoms with Crippen molar-refractivity contribution in [1.82, 2.24) is 4.98 Å². The maximum atomic E-state index is 15.0. The lowest BCUT2D eigenvalue weighted by Crippen LogP contribution is -2.44. The van der Waals surface area contributed by atoms with Gasteiger partial charge < -0.3 is 25.4 Å². The maximum Gasteiger partial charge on any atom is 0.488 e. The zero-order valence-corrected chi connectivity index (χ0v) is 22.0. The lowest BCUT2D eigenvalue weighted by atomic mass is 9.79. The van der Waals surface area contributed by atoms with Crippen LogP contribution in [-0.4, -0.2) is 52.6 Å². The Bertz CT molecular complexity index is 1310. The second-order valence-corrected chi connectivity index (χ2v) is 10.9. The Kier molecular flexibility index (Phi) is 7.91. The van der Waals surface area contributed by atoms with Crippen molar-refractivity contribution in [2.24, 2.45) is 16.6 Å². The van der Waals surface area contributed by atoms with Crippen LogP contribution >= 0.6 is 0 Å². The van der Waals surface area contributed by atoms with Gasteiger partial charge in [0.1, 0.15) is 17.3 Å². The molecule has 1 saturated heterocycles. The fourth-order valence-electron chi connectivity index (χ4n) is 5.17. The van der Waals surface area contributed by atoms with Gasteiger partial charge in [0, 0.05) is 41.2 Å². The molecule has 2 unspecified atom stereocenters. The summed E-state index contributed by atoms with van der Waals surface area (Å²) in [5.74, 6) is -1.88. The van der Waals surface area contributed by atoms with Gasteiger partial charge in [-0.3, -0.25) is 4.79 Å². The van der Waals surface area contributed by atoms with Crippen LogP contribution in [0.5, 0.6) is 0 Å². The summed E-state index contributed by atoms with van der Waals surface area (Å²) in [5, 5.41) is 19.3. The van der Waals surface area contributed by atoms with Gasteiger partial charge in [-0.15, -0.1) is 0 Å². The molecule has 214 valence electrons. The molecular weight excluding hydrogens is 531 g/mol. The van der Waals surface area contributed by atoms with E-state index in [2.05, 4.69) is 9.98 Å². The second kappa shape index (κ2) is 11.1. The number of nitrogens with two attached hydrogens (primary N) is 1. The summed E-state index contributed by atoms with van der Waals surface area (Å²) in [6.07, 6.45) is -0.521. The van der Waals surface area contributed by atoms with Gasteiger partial charge in [0.2, 0.25) is 0 Å². The van der Waals surface area contributed by atoms with Crippen LogP contribution in [0.3, 0.4) is 0 Å². The van der Waals surface area contributed by atoms with Crippen LogP contribution in [0, 0.1) is 11.7 Å². The number of amidine groups is 1. The molecule has 0 bridgehead atoms. The number of pyridine rings is 1. The molecule has 1 amide bonds. The van der Waals surface area contributed by atoms with E-state index < -0.39 is 36.6 Å². The fourth-order valence-corrected chi connectivity index (χ4v) is 5.17. The Balaban J connectivity index is 1.33. The minimum Gasteiger partial charge on any atom is -0.423 e. The molecule has 2 aliphatic carbocycles. The van der Waals surface area contributed by atoms with Gasteiger partial charge in [-0.1, -0.05) is 0 Å². The first kappa shape index (κ1) is 28.5. The number of rotatable bonds is 8. The Morgan fingerprint density at radius 3 is 2.52 bits per heavy atom. The standard InChI is InChI=1S/C27H31BF4N4O4/c1-14-10-16(26(37)35-25(33)19-6-7-23(27(30,31)32)34-24(19)15-2-3-15)8-9-36(14)22-12-17(28(38)39)11-21(29)20(22)13-40-18-4-5-18/h6-7,11-12,14-16,18,38-39H,2-5,8-10,13H2,1H3,(H2,33,35,37). The summed E-state index contributed by atoms with van der Waals surface area (Å²) in [6, 6.07) is 4.45. The molecule has 1 aliphatic heterocycles. The van der Waals surface area contributed by atoms with Crippen LogP contribution < -0.4 is 16.1 Å². The molecule has 8 nitrogen and oxygen atoms in total. The summed E-state index contributed by atoms with van der Waals surface area (Å²) < 4.78 is 60.3. The zero-order chi connectivity index (χ0) is 28.8. The normalized spacial score (nSPS) is 22.0. The van der Waals surface area contributed by atoms with Crippen LogP contribution in [0.4, 0.5) is 23.2 Å². The number of ether oxygens (including phenoxy) is 1. The van der Waals surface area contributed by atoms with E-state index >= 15 is 4.39 Å². The van der Waals surface area contributed by atoms with Crippen molar-refractivity contribution in [3.8, 4) is 0 Å². The first-order valence-electron chi connectivity index (χ1n) is 13.5. The SMILES string of the molecule is CC1CC(C(=O)N=C(N)c2ccc(C(F)(F)F)nc2C2CC2)CCN1c1cc(B(O)O)cc(F)c1COC1CC1. The van der Waals surface area contributed by atoms with E-state index in [-0.39, 0.29) is 47.2 Å². The lowest BCUT2D eigenvalue weighted by molar-refractivity contribution is -0.141. The predicted molar refractivity (Wildman–Crippen MR) is 141 cm³/mol. The summed E-state index contributed by atoms with van der Waals surface area (Å²) in [5.41, 5.74) is 6.38. The number of alkyl halides is 3. The monoisotopic (exact) mass is 562 g/mol. The molecule has 40 heavy (non-hydrogen) atoms. The largest absolute Gasteiger partial charge is 0.488 e. The first-order valence-corrected chi connectivity index (χ1v) is 13.5. The number of carbonyl (C=O) groups excluding carboxylic acids is 1. The fraction of sp³-hybridized carbons (Fsp3) is 0.519. The van der Waals surface area contributed by atoms with Gasteiger partial charge >= 0.3 is 13.3 Å². The highest BCUT2D eigenvalue weighted by molar-refractivity contribution is 6.58. The number of halogens is 4. The molecule has 1 aromatic heterocycles. The second-order valence-electron chi connectivity index (χ2n) is 10.9. The topological polar surface area (TPSA) is 121 Å². The smallest absolute Gasteiger partial charge is 0.423 e. The average Bonchev–Trinajstić information content (AvgIpc) is 3.81. The molecule has 0 spiro atoms. The predicted octanol–water partition coefficient (Wildman–Crippen LogP) is 3.01. The highest BCUT2D eigenvalue weighted by Gasteiger charge is 2.37. The maximum absolute atomic E-state index is 15.0. The Hall–Kier alpha value is -3.03. The van der Waals surface area contributed by atoms with Crippen LogP contribution in [-0.2, 0) is 22.3 Å². The van der Waals surface area contributed by atoms with E-state index in [4.69, 9.17) is 10.5 Å². The van der Waals surface area contributed by atoms with Crippen molar-refractivity contribution in [2.75, 3.05) is 11.4 Å². The minimum atomic E-state index is -4.59. The number of hydrogen-bond acceptors (Lipinski definition) is 6. The molecule has 4 N–H and O–H groups in total. The highest BCUT2D eigenvalue weighted by Crippen LogP contribution is 2.42. The van der Waals surface area contributed by atoms with Gasteiger partial charge in [0.15, 0.2) is 0 Å². The van der Waals surface area contributed by atoms with Crippen molar-refractivity contribution in [1.29, 1.82) is 0 Å². The van der Waals surface area contributed by atoms with Crippen molar-refractivity contribution in [2.45, 2.75) is 76.3 Å². The van der Waals surface area contributed by atoms with Crippen LogP contribution in [0.25, 0.3) is 0 Å². The van der Waals surface area contributed by atoms with E-state index in [1.807, 2.05) is 11.8 Å². The molecule has 2 aromatic rings. The number of carbonyl (C=O) groups is 1. The quantitative estimate of drug-likeness (QED) is 0.196. The molecule has 2 atom stereocenters. The minimum absolute atomic E-state index is 0.0158. The summed E-state index contributed by atoms with van der Waals surface area (Å²) in [7, 11) is -1.85. The van der Waals surface area contributed by atoms with Gasteiger partial charge in [0.25, 0.3) is 5.91 Å². The van der Waals surface area contributed by atoms with Gasteiger partial charge in [-0.2, -0.15) is 18.2 Å². The average molecular weight is 562 g/mol. The molecule has 2 heterocycles. The Morgan fingerprint density at radius 1 is 1.20 bits per heavy atom. The molecule has 3 fully saturated rings. The van der Waals surface area contributed by atoms with Crippen molar-refractivity contribution < 1.29 is 37.1 Å². The number of amides is 1. The summed E-state index contributed by atoms with van der Waals surface area (Å²) in [4.78, 5) is 22.9. The summed E-state index contributed by atoms with van der Waals surface area (Å²) in [6.45, 7) is 2.29. The zero-order valence-electron chi connectivity index (χ0n) is 22.0. The number of hydrogen-bond donors (Lipinski definition) is 3. The third-order valence-corrected chi connectivity index (χ3v) is 7.70. The summed E-state index contributed by atoms with van der Waals surface area (Å²) >= 11 is 0. The van der Waals surface area contributed by atoms with Crippen molar-refractivity contribution in [3.63, 3.8) is 0 Å². The van der Waals surface area contributed by atoms with Gasteiger partial charge in [-0.05, 0) is 75.2 Å². The van der Waals surface area contributed by atoms with E-state index in [9.17, 15) is 28.0 Å². The van der Waals surface area contributed by atoms with E-state index in [0.717, 1.165) is 25.0 Å². The Labute approximate surface area is 229 Å². The molecule has 1 aromatic carbocycles. The number of aromatic nitrogens is 1. The number of aliphatic imine (C=N–C) groups is 1. The van der Waals surface area contributed by atoms with E-state index in [1.165, 1.54) is 12.1 Å². The number of benzene rings is 1. The van der Waals surface area contributed by atoms with Crippen molar-refractivity contribution >= 4 is 30.0 Å². The number of anilines is 1. The van der Waals surface area contributed by atoms with Crippen LogP contribution in [0.2, 0.25) is 0 Å². The van der Waals surface area contributed by atoms with Crippen molar-refractivity contribution in [3.05, 3.63) is 52.6 Å². The molecule has 5 rings (SSSR count). The van der Waals surface area contributed by atoms with E-state index in [1.54, 1.807) is 0 Å². The lowest BCUT2D eigenvalue weighted by Gasteiger charge is -2.39. The van der Waals surface area contributed by atoms with Crippen LogP contribution in [0.1, 0.15) is 73.9 Å². The molecule has 0 radical (unpaired) electrons. The first-order chi connectivity index (χ1) is 18.9. The van der Waals surface area contributed by atoms with Gasteiger partial charge in [-0.25, -0.2) is 9.37 Å². The third-order valence-electron chi connectivity index (χ3n) is 7.70. The molecular formula is C27H31BF4N4O4. The molecule has 2 saturated carbocycles. The Morgan fingerprint density at radius 2 is 1.93 bits per heavy atom.